The summed E-state index contributed by atoms with van der Waals surface area (Å²) in [5, 5.41) is 12.0. The second kappa shape index (κ2) is 14.1. The normalized spacial score (nSPS) is 15.6. The number of aryl methyl sites for hydroxylation is 1. The van der Waals surface area contributed by atoms with Crippen LogP contribution in [0.4, 0.5) is 0 Å². The number of esters is 1. The molecule has 13 heteroatoms. The Balaban J connectivity index is 1.07. The van der Waals surface area contributed by atoms with Crippen LogP contribution in [0.3, 0.4) is 0 Å². The minimum absolute atomic E-state index is 0.0796. The first-order chi connectivity index (χ1) is 22.0. The molecule has 0 N–H and O–H groups in total. The molecule has 0 saturated heterocycles. The van der Waals surface area contributed by atoms with E-state index in [1.165, 1.54) is 6.33 Å². The molecule has 0 aliphatic carbocycles. The number of pyridine rings is 2. The van der Waals surface area contributed by atoms with Crippen molar-refractivity contribution in [1.82, 2.24) is 29.8 Å². The van der Waals surface area contributed by atoms with E-state index in [2.05, 4.69) is 20.5 Å². The summed E-state index contributed by atoms with van der Waals surface area (Å²) in [5.41, 5.74) is 6.59. The van der Waals surface area contributed by atoms with E-state index in [1.807, 2.05) is 48.0 Å². The summed E-state index contributed by atoms with van der Waals surface area (Å²) < 4.78 is 19.2. The van der Waals surface area contributed by atoms with Crippen LogP contribution in [0.25, 0.3) is 22.4 Å². The SMILES string of the molecule is CCOCCOCCOC(=O)Cc1ccc(C2=CN=C([C@@H]3CCc4cc(-c5cc(Cl)ccc5-n5cnnn5)cc(=O)n43)C2)cn1. The molecule has 232 valence electrons. The van der Waals surface area contributed by atoms with Crippen molar-refractivity contribution in [1.29, 1.82) is 0 Å². The van der Waals surface area contributed by atoms with Gasteiger partial charge in [-0.1, -0.05) is 17.7 Å². The Hall–Kier alpha value is -4.52. The van der Waals surface area contributed by atoms with Gasteiger partial charge in [-0.25, -0.2) is 0 Å². The number of aromatic nitrogens is 6. The number of carbonyl (C=O) groups excluding carboxylic acids is 1. The third-order valence-corrected chi connectivity index (χ3v) is 7.96. The molecule has 12 nitrogen and oxygen atoms in total. The van der Waals surface area contributed by atoms with E-state index in [1.54, 1.807) is 23.0 Å². The summed E-state index contributed by atoms with van der Waals surface area (Å²) >= 11 is 6.33. The molecular weight excluding hydrogens is 598 g/mol. The van der Waals surface area contributed by atoms with Crippen molar-refractivity contribution in [2.24, 2.45) is 4.99 Å². The van der Waals surface area contributed by atoms with E-state index in [4.69, 9.17) is 30.8 Å². The summed E-state index contributed by atoms with van der Waals surface area (Å²) in [4.78, 5) is 34.9. The lowest BCUT2D eigenvalue weighted by atomic mass is 9.99. The summed E-state index contributed by atoms with van der Waals surface area (Å²) in [7, 11) is 0. The number of allylic oxidation sites excluding steroid dienone is 1. The second-order valence-corrected chi connectivity index (χ2v) is 11.0. The molecular formula is C32H32ClN7O5. The van der Waals surface area contributed by atoms with Gasteiger partial charge in [0.15, 0.2) is 0 Å². The molecule has 0 spiro atoms. The molecule has 45 heavy (non-hydrogen) atoms. The Kier molecular flexibility index (Phi) is 9.53. The number of aliphatic imine (C=N–C) groups is 1. The predicted molar refractivity (Wildman–Crippen MR) is 167 cm³/mol. The molecule has 2 aliphatic rings. The van der Waals surface area contributed by atoms with Crippen molar-refractivity contribution in [2.75, 3.05) is 33.0 Å². The molecule has 4 aromatic rings. The fraction of sp³-hybridized carbons (Fsp3) is 0.344. The zero-order chi connectivity index (χ0) is 31.2. The lowest BCUT2D eigenvalue weighted by Gasteiger charge is -2.17. The highest BCUT2D eigenvalue weighted by atomic mass is 35.5. The van der Waals surface area contributed by atoms with Gasteiger partial charge in [0.2, 0.25) is 0 Å². The van der Waals surface area contributed by atoms with Crippen LogP contribution in [-0.2, 0) is 31.8 Å². The molecule has 5 heterocycles. The lowest BCUT2D eigenvalue weighted by molar-refractivity contribution is -0.144. The van der Waals surface area contributed by atoms with E-state index in [0.717, 1.165) is 52.2 Å². The van der Waals surface area contributed by atoms with Gasteiger partial charge in [-0.15, -0.1) is 5.10 Å². The van der Waals surface area contributed by atoms with Crippen molar-refractivity contribution in [2.45, 2.75) is 38.6 Å². The molecule has 0 fully saturated rings. The largest absolute Gasteiger partial charge is 0.463 e. The summed E-state index contributed by atoms with van der Waals surface area (Å²) in [6.07, 6.45) is 7.32. The minimum atomic E-state index is -0.357. The van der Waals surface area contributed by atoms with Gasteiger partial charge in [-0.3, -0.25) is 19.6 Å². The predicted octanol–water partition coefficient (Wildman–Crippen LogP) is 4.05. The fourth-order valence-corrected chi connectivity index (χ4v) is 5.77. The van der Waals surface area contributed by atoms with Gasteiger partial charge in [0, 0.05) is 53.5 Å². The highest BCUT2D eigenvalue weighted by molar-refractivity contribution is 6.31. The maximum Gasteiger partial charge on any atom is 0.311 e. The zero-order valence-electron chi connectivity index (χ0n) is 24.8. The summed E-state index contributed by atoms with van der Waals surface area (Å²) in [6, 6.07) is 12.7. The Labute approximate surface area is 264 Å². The Bertz CT molecular complexity index is 1780. The average molecular weight is 630 g/mol. The van der Waals surface area contributed by atoms with Crippen molar-refractivity contribution in [3.63, 3.8) is 0 Å². The molecule has 0 radical (unpaired) electrons. The third-order valence-electron chi connectivity index (χ3n) is 7.73. The molecule has 0 unspecified atom stereocenters. The highest BCUT2D eigenvalue weighted by Crippen LogP contribution is 2.35. The lowest BCUT2D eigenvalue weighted by Crippen LogP contribution is -2.27. The van der Waals surface area contributed by atoms with Crippen molar-refractivity contribution in [3.05, 3.63) is 93.5 Å². The standard InChI is InChI=1S/C32H32ClN7O5/c1-2-43-9-10-44-11-12-45-32(42)17-25-5-3-21(18-34-25)23-14-28(35-19-23)30-8-6-26-13-22(15-31(41)40(26)30)27-16-24(33)4-7-29(27)39-20-36-37-38-39/h3-5,7,13,15-16,18-20,30H,2,6,8-12,14,17H2,1H3/t30-/m0/s1. The highest BCUT2D eigenvalue weighted by Gasteiger charge is 2.30. The molecule has 1 atom stereocenters. The maximum absolute atomic E-state index is 13.5. The number of carbonyl (C=O) groups is 1. The quantitative estimate of drug-likeness (QED) is 0.158. The monoisotopic (exact) mass is 629 g/mol. The first-order valence-electron chi connectivity index (χ1n) is 14.8. The third kappa shape index (κ3) is 7.08. The smallest absolute Gasteiger partial charge is 0.311 e. The first kappa shape index (κ1) is 30.5. The number of fused-ring (bicyclic) bond motifs is 1. The summed E-state index contributed by atoms with van der Waals surface area (Å²) in [6.45, 7) is 4.07. The number of tetrazole rings is 1. The van der Waals surface area contributed by atoms with Crippen LogP contribution in [0.15, 0.2) is 71.0 Å². The number of hydrogen-bond acceptors (Lipinski definition) is 10. The number of nitrogens with zero attached hydrogens (tertiary/aromatic N) is 7. The molecule has 2 aliphatic heterocycles. The molecule has 0 amide bonds. The number of ether oxygens (including phenoxy) is 3. The Morgan fingerprint density at radius 3 is 2.71 bits per heavy atom. The minimum Gasteiger partial charge on any atom is -0.463 e. The van der Waals surface area contributed by atoms with Crippen LogP contribution in [-0.4, -0.2) is 74.5 Å². The van der Waals surface area contributed by atoms with Crippen molar-refractivity contribution >= 4 is 28.9 Å². The van der Waals surface area contributed by atoms with Crippen LogP contribution >= 0.6 is 11.6 Å². The number of hydrogen-bond donors (Lipinski definition) is 0. The topological polar surface area (TPSA) is 136 Å². The fourth-order valence-electron chi connectivity index (χ4n) is 5.60. The van der Waals surface area contributed by atoms with E-state index in [9.17, 15) is 9.59 Å². The van der Waals surface area contributed by atoms with E-state index < -0.39 is 0 Å². The number of benzene rings is 1. The van der Waals surface area contributed by atoms with Gasteiger partial charge >= 0.3 is 5.97 Å². The molecule has 6 rings (SSSR count). The molecule has 1 aromatic carbocycles. The van der Waals surface area contributed by atoms with E-state index in [-0.39, 0.29) is 30.6 Å². The van der Waals surface area contributed by atoms with Gasteiger partial charge in [-0.05, 0) is 77.2 Å². The van der Waals surface area contributed by atoms with Crippen LogP contribution < -0.4 is 5.56 Å². The van der Waals surface area contributed by atoms with Crippen LogP contribution in [0.5, 0.6) is 0 Å². The molecule has 0 bridgehead atoms. The number of halogens is 1. The van der Waals surface area contributed by atoms with Gasteiger partial charge in [0.25, 0.3) is 5.56 Å². The molecule has 3 aromatic heterocycles. The van der Waals surface area contributed by atoms with Gasteiger partial charge in [0.1, 0.15) is 12.9 Å². The zero-order valence-corrected chi connectivity index (χ0v) is 25.5. The first-order valence-corrected chi connectivity index (χ1v) is 15.2. The van der Waals surface area contributed by atoms with Crippen LogP contribution in [0.2, 0.25) is 5.02 Å². The molecule has 0 saturated carbocycles. The van der Waals surface area contributed by atoms with Crippen molar-refractivity contribution < 1.29 is 19.0 Å². The maximum atomic E-state index is 13.5. The summed E-state index contributed by atoms with van der Waals surface area (Å²) in [5.74, 6) is -0.357. The second-order valence-electron chi connectivity index (χ2n) is 10.6. The van der Waals surface area contributed by atoms with E-state index in [0.29, 0.717) is 43.6 Å². The van der Waals surface area contributed by atoms with E-state index >= 15 is 0 Å². The van der Waals surface area contributed by atoms with Crippen LogP contribution in [0.1, 0.15) is 42.8 Å². The van der Waals surface area contributed by atoms with Crippen molar-refractivity contribution in [3.8, 4) is 16.8 Å². The number of rotatable bonds is 13. The Morgan fingerprint density at radius 1 is 1.04 bits per heavy atom. The van der Waals surface area contributed by atoms with Gasteiger partial charge in [0.05, 0.1) is 43.7 Å². The Morgan fingerprint density at radius 2 is 1.91 bits per heavy atom. The average Bonchev–Trinajstić information content (AvgIpc) is 3.83. The van der Waals surface area contributed by atoms with Gasteiger partial charge < -0.3 is 18.8 Å². The van der Waals surface area contributed by atoms with Gasteiger partial charge in [-0.2, -0.15) is 4.68 Å². The van der Waals surface area contributed by atoms with Crippen LogP contribution in [0, 0.1) is 0 Å².